The Morgan fingerprint density at radius 3 is 2.34 bits per heavy atom. The fraction of sp³-hybridized carbons (Fsp3) is 0. The van der Waals surface area contributed by atoms with Gasteiger partial charge in [0.2, 0.25) is 0 Å². The van der Waals surface area contributed by atoms with Crippen molar-refractivity contribution in [1.29, 1.82) is 0 Å². The molecule has 0 saturated heterocycles. The van der Waals surface area contributed by atoms with Crippen LogP contribution in [-0.2, 0) is 0 Å². The molecular weight excluding hydrogens is 502 g/mol. The smallest absolute Gasteiger partial charge is 0.161 e. The summed E-state index contributed by atoms with van der Waals surface area (Å²) < 4.78 is 6.97. The molecule has 0 atom stereocenters. The predicted molar refractivity (Wildman–Crippen MR) is 142 cm³/mol. The van der Waals surface area contributed by atoms with Crippen LogP contribution >= 0.6 is 15.9 Å². The van der Waals surface area contributed by atoms with E-state index in [0.29, 0.717) is 22.8 Å². The van der Waals surface area contributed by atoms with Gasteiger partial charge in [-0.15, -0.1) is 10.2 Å². The Hall–Kier alpha value is -4.36. The first-order valence-corrected chi connectivity index (χ1v) is 11.8. The quantitative estimate of drug-likeness (QED) is 0.253. The van der Waals surface area contributed by atoms with Gasteiger partial charge in [0.1, 0.15) is 17.0 Å². The molecule has 0 amide bonds. The molecule has 0 aliphatic heterocycles. The summed E-state index contributed by atoms with van der Waals surface area (Å²) in [6, 6.07) is 29.7. The van der Waals surface area contributed by atoms with Crippen molar-refractivity contribution in [2.24, 2.45) is 0 Å². The third-order valence-electron chi connectivity index (χ3n) is 5.59. The van der Waals surface area contributed by atoms with Crippen LogP contribution in [0.2, 0.25) is 0 Å². The molecule has 3 aromatic carbocycles. The van der Waals surface area contributed by atoms with Crippen molar-refractivity contribution in [3.8, 4) is 22.8 Å². The average Bonchev–Trinajstić information content (AvgIpc) is 2.90. The average molecular weight is 520 g/mol. The van der Waals surface area contributed by atoms with Crippen LogP contribution in [0.25, 0.3) is 33.1 Å². The number of nitrogens with zero attached hydrogens (tertiary/aromatic N) is 4. The van der Waals surface area contributed by atoms with Crippen LogP contribution in [0.3, 0.4) is 0 Å². The number of anilines is 2. The van der Waals surface area contributed by atoms with E-state index < -0.39 is 0 Å². The minimum Gasteiger partial charge on any atom is -0.455 e. The third-order valence-corrected chi connectivity index (χ3v) is 6.02. The molecule has 0 radical (unpaired) electrons. The van der Waals surface area contributed by atoms with E-state index in [-0.39, 0.29) is 0 Å². The monoisotopic (exact) mass is 519 g/mol. The van der Waals surface area contributed by atoms with Crippen LogP contribution in [0, 0.1) is 0 Å². The standard InChI is InChI=1S/C28H18BrN5O/c29-19-16-24-27(31-17-19)25(14-15-30-24)35-21-12-10-20(11-13-21)32-28-23-9-5-4-8-22(23)26(33-34-28)18-6-2-1-3-7-18/h1-17H,(H,32,34). The number of hydrogen-bond acceptors (Lipinski definition) is 6. The van der Waals surface area contributed by atoms with Crippen molar-refractivity contribution in [3.05, 3.63) is 108 Å². The highest BCUT2D eigenvalue weighted by molar-refractivity contribution is 9.10. The van der Waals surface area contributed by atoms with Crippen LogP contribution in [0.15, 0.2) is 108 Å². The van der Waals surface area contributed by atoms with Crippen molar-refractivity contribution >= 4 is 49.2 Å². The number of hydrogen-bond donors (Lipinski definition) is 1. The van der Waals surface area contributed by atoms with Crippen LogP contribution in [0.4, 0.5) is 11.5 Å². The van der Waals surface area contributed by atoms with E-state index >= 15 is 0 Å². The Kier molecular flexibility index (Phi) is 5.52. The third kappa shape index (κ3) is 4.29. The largest absolute Gasteiger partial charge is 0.455 e. The summed E-state index contributed by atoms with van der Waals surface area (Å²) >= 11 is 3.43. The van der Waals surface area contributed by atoms with Crippen molar-refractivity contribution in [2.75, 3.05) is 5.32 Å². The molecule has 0 saturated carbocycles. The van der Waals surface area contributed by atoms with E-state index in [9.17, 15) is 0 Å². The molecule has 6 aromatic rings. The number of aromatic nitrogens is 4. The summed E-state index contributed by atoms with van der Waals surface area (Å²) in [6.45, 7) is 0. The number of benzene rings is 3. The highest BCUT2D eigenvalue weighted by Gasteiger charge is 2.11. The van der Waals surface area contributed by atoms with Gasteiger partial charge in [-0.2, -0.15) is 0 Å². The molecule has 0 aliphatic rings. The zero-order chi connectivity index (χ0) is 23.6. The number of fused-ring (bicyclic) bond motifs is 2. The summed E-state index contributed by atoms with van der Waals surface area (Å²) in [4.78, 5) is 8.81. The first-order chi connectivity index (χ1) is 17.2. The van der Waals surface area contributed by atoms with Crippen molar-refractivity contribution < 1.29 is 4.74 Å². The molecular formula is C28H18BrN5O. The van der Waals surface area contributed by atoms with Gasteiger partial charge in [-0.1, -0.05) is 54.6 Å². The first kappa shape index (κ1) is 21.2. The van der Waals surface area contributed by atoms with Gasteiger partial charge in [0.15, 0.2) is 11.6 Å². The Bertz CT molecular complexity index is 1660. The van der Waals surface area contributed by atoms with Crippen LogP contribution in [-0.4, -0.2) is 20.2 Å². The van der Waals surface area contributed by atoms with Gasteiger partial charge in [0, 0.05) is 45.0 Å². The van der Waals surface area contributed by atoms with E-state index in [4.69, 9.17) is 4.74 Å². The number of pyridine rings is 2. The molecule has 6 nitrogen and oxygen atoms in total. The summed E-state index contributed by atoms with van der Waals surface area (Å²) in [5, 5.41) is 14.5. The molecule has 1 N–H and O–H groups in total. The molecule has 0 bridgehead atoms. The van der Waals surface area contributed by atoms with E-state index in [1.807, 2.05) is 78.9 Å². The minimum atomic E-state index is 0.650. The first-order valence-electron chi connectivity index (χ1n) is 11.0. The summed E-state index contributed by atoms with van der Waals surface area (Å²) in [5.74, 6) is 2.04. The lowest BCUT2D eigenvalue weighted by Crippen LogP contribution is -1.99. The minimum absolute atomic E-state index is 0.650. The van der Waals surface area contributed by atoms with Crippen LogP contribution in [0.1, 0.15) is 0 Å². The molecule has 168 valence electrons. The predicted octanol–water partition coefficient (Wildman–Crippen LogP) is 7.54. The van der Waals surface area contributed by atoms with E-state index in [1.165, 1.54) is 0 Å². The number of rotatable bonds is 5. The van der Waals surface area contributed by atoms with Crippen LogP contribution < -0.4 is 10.1 Å². The van der Waals surface area contributed by atoms with Gasteiger partial charge in [0.25, 0.3) is 0 Å². The lowest BCUT2D eigenvalue weighted by molar-refractivity contribution is 0.487. The van der Waals surface area contributed by atoms with Crippen molar-refractivity contribution in [2.45, 2.75) is 0 Å². The molecule has 3 aromatic heterocycles. The lowest BCUT2D eigenvalue weighted by Gasteiger charge is -2.12. The second-order valence-electron chi connectivity index (χ2n) is 7.89. The zero-order valence-electron chi connectivity index (χ0n) is 18.4. The molecule has 35 heavy (non-hydrogen) atoms. The molecule has 0 spiro atoms. The fourth-order valence-corrected chi connectivity index (χ4v) is 4.26. The molecule has 7 heteroatoms. The van der Waals surface area contributed by atoms with Crippen molar-refractivity contribution in [3.63, 3.8) is 0 Å². The van der Waals surface area contributed by atoms with Gasteiger partial charge in [-0.25, -0.2) is 4.98 Å². The lowest BCUT2D eigenvalue weighted by atomic mass is 10.0. The maximum Gasteiger partial charge on any atom is 0.161 e. The zero-order valence-corrected chi connectivity index (χ0v) is 20.0. The Morgan fingerprint density at radius 2 is 1.51 bits per heavy atom. The highest BCUT2D eigenvalue weighted by atomic mass is 79.9. The van der Waals surface area contributed by atoms with E-state index in [1.54, 1.807) is 12.4 Å². The molecule has 3 heterocycles. The maximum atomic E-state index is 6.10. The van der Waals surface area contributed by atoms with E-state index in [0.717, 1.165) is 37.7 Å². The van der Waals surface area contributed by atoms with Gasteiger partial charge in [-0.05, 0) is 46.3 Å². The number of nitrogens with one attached hydrogen (secondary N) is 1. The SMILES string of the molecule is Brc1cnc2c(Oc3ccc(Nc4nnc(-c5ccccc5)c5ccccc45)cc3)ccnc2c1. The summed E-state index contributed by atoms with van der Waals surface area (Å²) in [5.41, 5.74) is 4.25. The van der Waals surface area contributed by atoms with Gasteiger partial charge < -0.3 is 10.1 Å². The van der Waals surface area contributed by atoms with Gasteiger partial charge >= 0.3 is 0 Å². The second-order valence-corrected chi connectivity index (χ2v) is 8.81. The topological polar surface area (TPSA) is 72.8 Å². The fourth-order valence-electron chi connectivity index (χ4n) is 3.94. The second kappa shape index (κ2) is 9.12. The normalized spacial score (nSPS) is 11.0. The summed E-state index contributed by atoms with van der Waals surface area (Å²) in [6.07, 6.45) is 3.45. The number of halogens is 1. The maximum absolute atomic E-state index is 6.10. The Morgan fingerprint density at radius 1 is 0.743 bits per heavy atom. The Labute approximate surface area is 209 Å². The highest BCUT2D eigenvalue weighted by Crippen LogP contribution is 2.32. The van der Waals surface area contributed by atoms with Crippen LogP contribution in [0.5, 0.6) is 11.5 Å². The molecule has 6 rings (SSSR count). The molecule has 0 fully saturated rings. The number of ether oxygens (including phenoxy) is 1. The van der Waals surface area contributed by atoms with Gasteiger partial charge in [0.05, 0.1) is 5.52 Å². The van der Waals surface area contributed by atoms with E-state index in [2.05, 4.69) is 53.5 Å². The van der Waals surface area contributed by atoms with Crippen molar-refractivity contribution in [1.82, 2.24) is 20.2 Å². The Balaban J connectivity index is 1.27. The molecule has 0 aliphatic carbocycles. The molecule has 0 unspecified atom stereocenters. The summed E-state index contributed by atoms with van der Waals surface area (Å²) in [7, 11) is 0. The van der Waals surface area contributed by atoms with Gasteiger partial charge in [-0.3, -0.25) is 4.98 Å².